The van der Waals surface area contributed by atoms with Crippen molar-refractivity contribution in [3.8, 4) is 0 Å². The highest BCUT2D eigenvalue weighted by molar-refractivity contribution is 6.00. The van der Waals surface area contributed by atoms with Crippen molar-refractivity contribution >= 4 is 11.7 Å². The zero-order valence-corrected chi connectivity index (χ0v) is 8.94. The van der Waals surface area contributed by atoms with Crippen molar-refractivity contribution in [2.24, 2.45) is 5.16 Å². The first-order valence-corrected chi connectivity index (χ1v) is 4.48. The van der Waals surface area contributed by atoms with Gasteiger partial charge in [0.25, 0.3) is 0 Å². The highest BCUT2D eigenvalue weighted by atomic mass is 16.5. The maximum Gasteiger partial charge on any atom is 0.337 e. The zero-order valence-electron chi connectivity index (χ0n) is 8.94. The molecule has 15 heavy (non-hydrogen) atoms. The number of carbonyl (C=O) groups excluding carboxylic acids is 1. The Hall–Kier alpha value is -1.84. The van der Waals surface area contributed by atoms with E-state index in [1.54, 1.807) is 25.1 Å². The van der Waals surface area contributed by atoms with E-state index >= 15 is 0 Å². The first-order valence-electron chi connectivity index (χ1n) is 4.48. The minimum absolute atomic E-state index is 0.372. The molecular weight excluding hydrogens is 194 g/mol. The van der Waals surface area contributed by atoms with Crippen molar-refractivity contribution in [2.75, 3.05) is 7.11 Å². The van der Waals surface area contributed by atoms with E-state index in [4.69, 9.17) is 5.21 Å². The molecule has 0 aromatic heterocycles. The zero-order chi connectivity index (χ0) is 11.4. The fourth-order valence-corrected chi connectivity index (χ4v) is 1.37. The van der Waals surface area contributed by atoms with Crippen molar-refractivity contribution in [3.63, 3.8) is 0 Å². The summed E-state index contributed by atoms with van der Waals surface area (Å²) in [6.45, 7) is 3.54. The van der Waals surface area contributed by atoms with Gasteiger partial charge in [-0.15, -0.1) is 0 Å². The lowest BCUT2D eigenvalue weighted by atomic mass is 10.0. The Morgan fingerprint density at radius 3 is 2.60 bits per heavy atom. The Kier molecular flexibility index (Phi) is 3.44. The number of oxime groups is 1. The monoisotopic (exact) mass is 207 g/mol. The third-order valence-electron chi connectivity index (χ3n) is 2.19. The van der Waals surface area contributed by atoms with Gasteiger partial charge in [-0.2, -0.15) is 0 Å². The summed E-state index contributed by atoms with van der Waals surface area (Å²) in [5.41, 5.74) is 2.69. The molecule has 0 amide bonds. The number of nitrogens with zero attached hydrogens (tertiary/aromatic N) is 1. The Morgan fingerprint density at radius 2 is 2.13 bits per heavy atom. The predicted octanol–water partition coefficient (Wildman–Crippen LogP) is 1.98. The van der Waals surface area contributed by atoms with E-state index in [0.29, 0.717) is 11.3 Å². The molecule has 0 radical (unpaired) electrons. The molecule has 0 aliphatic rings. The Labute approximate surface area is 88.2 Å². The third kappa shape index (κ3) is 2.34. The van der Waals surface area contributed by atoms with Gasteiger partial charge in [-0.1, -0.05) is 11.2 Å². The summed E-state index contributed by atoms with van der Waals surface area (Å²) >= 11 is 0. The number of hydrogen-bond donors (Lipinski definition) is 1. The largest absolute Gasteiger partial charge is 0.465 e. The minimum atomic E-state index is -0.372. The van der Waals surface area contributed by atoms with Crippen molar-refractivity contribution < 1.29 is 14.7 Å². The van der Waals surface area contributed by atoms with Crippen molar-refractivity contribution in [1.29, 1.82) is 0 Å². The molecule has 0 unspecified atom stereocenters. The maximum atomic E-state index is 11.2. The van der Waals surface area contributed by atoms with Crippen LogP contribution in [0.4, 0.5) is 0 Å². The lowest BCUT2D eigenvalue weighted by molar-refractivity contribution is 0.0600. The standard InChI is InChI=1S/C11H13NO3/c1-7-6-9(11(13)15-3)4-5-10(7)8(2)12-14/h4-6,14H,1-3H3/b12-8+. The van der Waals surface area contributed by atoms with Crippen molar-refractivity contribution in [1.82, 2.24) is 0 Å². The average Bonchev–Trinajstić information content (AvgIpc) is 2.26. The fourth-order valence-electron chi connectivity index (χ4n) is 1.37. The first kappa shape index (κ1) is 11.2. The van der Waals surface area contributed by atoms with Gasteiger partial charge in [-0.25, -0.2) is 4.79 Å². The van der Waals surface area contributed by atoms with Gasteiger partial charge in [0.15, 0.2) is 0 Å². The molecule has 1 N–H and O–H groups in total. The third-order valence-corrected chi connectivity index (χ3v) is 2.19. The molecule has 0 atom stereocenters. The molecule has 0 saturated heterocycles. The molecule has 0 fully saturated rings. The number of carbonyl (C=O) groups is 1. The van der Waals surface area contributed by atoms with Gasteiger partial charge in [-0.05, 0) is 31.5 Å². The van der Waals surface area contributed by atoms with Crippen LogP contribution in [-0.2, 0) is 4.74 Å². The average molecular weight is 207 g/mol. The van der Waals surface area contributed by atoms with Crippen LogP contribution < -0.4 is 0 Å². The van der Waals surface area contributed by atoms with Crippen LogP contribution in [0.15, 0.2) is 23.4 Å². The SMILES string of the molecule is COC(=O)c1ccc(/C(C)=N/O)c(C)c1. The van der Waals surface area contributed by atoms with Crippen LogP contribution >= 0.6 is 0 Å². The van der Waals surface area contributed by atoms with Crippen LogP contribution in [0.25, 0.3) is 0 Å². The number of aryl methyl sites for hydroxylation is 1. The van der Waals surface area contributed by atoms with Crippen LogP contribution in [0.5, 0.6) is 0 Å². The second-order valence-corrected chi connectivity index (χ2v) is 3.21. The van der Waals surface area contributed by atoms with Crippen molar-refractivity contribution in [2.45, 2.75) is 13.8 Å². The molecule has 0 aliphatic carbocycles. The summed E-state index contributed by atoms with van der Waals surface area (Å²) < 4.78 is 4.60. The van der Waals surface area contributed by atoms with Gasteiger partial charge < -0.3 is 9.94 Å². The molecule has 1 aromatic rings. The summed E-state index contributed by atoms with van der Waals surface area (Å²) in [4.78, 5) is 11.2. The highest BCUT2D eigenvalue weighted by Gasteiger charge is 2.08. The lowest BCUT2D eigenvalue weighted by Crippen LogP contribution is -2.04. The molecular formula is C11H13NO3. The van der Waals surface area contributed by atoms with Gasteiger partial charge in [0.05, 0.1) is 18.4 Å². The van der Waals surface area contributed by atoms with Crippen LogP contribution in [-0.4, -0.2) is 24.0 Å². The molecule has 0 aliphatic heterocycles. The summed E-state index contributed by atoms with van der Waals surface area (Å²) in [5.74, 6) is -0.372. The van der Waals surface area contributed by atoms with Crippen LogP contribution in [0, 0.1) is 6.92 Å². The van der Waals surface area contributed by atoms with E-state index in [2.05, 4.69) is 9.89 Å². The summed E-state index contributed by atoms with van der Waals surface area (Å²) in [6, 6.07) is 5.08. The van der Waals surface area contributed by atoms with E-state index in [-0.39, 0.29) is 5.97 Å². The van der Waals surface area contributed by atoms with E-state index in [9.17, 15) is 4.79 Å². The number of rotatable bonds is 2. The number of benzene rings is 1. The topological polar surface area (TPSA) is 58.9 Å². The van der Waals surface area contributed by atoms with Crippen LogP contribution in [0.3, 0.4) is 0 Å². The van der Waals surface area contributed by atoms with Gasteiger partial charge in [0.2, 0.25) is 0 Å². The molecule has 80 valence electrons. The van der Waals surface area contributed by atoms with Gasteiger partial charge in [-0.3, -0.25) is 0 Å². The molecule has 0 saturated carbocycles. The Morgan fingerprint density at radius 1 is 1.47 bits per heavy atom. The van der Waals surface area contributed by atoms with Gasteiger partial charge in [0, 0.05) is 5.56 Å². The summed E-state index contributed by atoms with van der Waals surface area (Å²) in [7, 11) is 1.34. The highest BCUT2D eigenvalue weighted by Crippen LogP contribution is 2.13. The molecule has 0 spiro atoms. The fraction of sp³-hybridized carbons (Fsp3) is 0.273. The smallest absolute Gasteiger partial charge is 0.337 e. The molecule has 4 heteroatoms. The molecule has 1 aromatic carbocycles. The molecule has 1 rings (SSSR count). The van der Waals surface area contributed by atoms with Crippen LogP contribution in [0.1, 0.15) is 28.4 Å². The quantitative estimate of drug-likeness (QED) is 0.349. The Bertz CT molecular complexity index is 410. The molecule has 0 bridgehead atoms. The summed E-state index contributed by atoms with van der Waals surface area (Å²) in [5, 5.41) is 11.7. The van der Waals surface area contributed by atoms with Crippen molar-refractivity contribution in [3.05, 3.63) is 34.9 Å². The first-order chi connectivity index (χ1) is 7.10. The number of ether oxygens (including phenoxy) is 1. The second kappa shape index (κ2) is 4.59. The van der Waals surface area contributed by atoms with Crippen LogP contribution in [0.2, 0.25) is 0 Å². The number of methoxy groups -OCH3 is 1. The minimum Gasteiger partial charge on any atom is -0.465 e. The number of hydrogen-bond acceptors (Lipinski definition) is 4. The van der Waals surface area contributed by atoms with Gasteiger partial charge >= 0.3 is 5.97 Å². The summed E-state index contributed by atoms with van der Waals surface area (Å²) in [6.07, 6.45) is 0. The maximum absolute atomic E-state index is 11.2. The Balaban J connectivity index is 3.14. The predicted molar refractivity (Wildman–Crippen MR) is 56.5 cm³/mol. The van der Waals surface area contributed by atoms with Gasteiger partial charge in [0.1, 0.15) is 0 Å². The van der Waals surface area contributed by atoms with E-state index in [1.165, 1.54) is 7.11 Å². The normalized spacial score (nSPS) is 11.3. The van der Waals surface area contributed by atoms with E-state index < -0.39 is 0 Å². The molecule has 0 heterocycles. The number of esters is 1. The molecule has 4 nitrogen and oxygen atoms in total. The second-order valence-electron chi connectivity index (χ2n) is 3.21. The van der Waals surface area contributed by atoms with E-state index in [0.717, 1.165) is 11.1 Å². The lowest BCUT2D eigenvalue weighted by Gasteiger charge is -2.05. The van der Waals surface area contributed by atoms with E-state index in [1.807, 2.05) is 6.92 Å².